The summed E-state index contributed by atoms with van der Waals surface area (Å²) in [6.45, 7) is 15.2. The minimum absolute atomic E-state index is 0.0138. The number of nitriles is 1. The molecule has 246 valence electrons. The van der Waals surface area contributed by atoms with Crippen molar-refractivity contribution in [1.29, 1.82) is 5.26 Å². The van der Waals surface area contributed by atoms with E-state index in [4.69, 9.17) is 11.3 Å². The van der Waals surface area contributed by atoms with Crippen LogP contribution in [-0.4, -0.2) is 93.3 Å². The first kappa shape index (κ1) is 33.8. The van der Waals surface area contributed by atoms with Gasteiger partial charge in [0.2, 0.25) is 0 Å². The molecule has 1 fully saturated rings. The topological polar surface area (TPSA) is 109 Å². The molecule has 1 aliphatic rings. The molecule has 4 heterocycles. The van der Waals surface area contributed by atoms with Crippen molar-refractivity contribution in [2.24, 2.45) is 0 Å². The van der Waals surface area contributed by atoms with Crippen LogP contribution in [0.3, 0.4) is 0 Å². The van der Waals surface area contributed by atoms with E-state index in [2.05, 4.69) is 45.6 Å². The summed E-state index contributed by atoms with van der Waals surface area (Å²) in [7, 11) is -1.21. The predicted molar refractivity (Wildman–Crippen MR) is 172 cm³/mol. The molecule has 0 saturated carbocycles. The van der Waals surface area contributed by atoms with Gasteiger partial charge in [-0.2, -0.15) is 10.4 Å². The van der Waals surface area contributed by atoms with Crippen LogP contribution >= 0.6 is 0 Å². The average Bonchev–Trinajstić information content (AvgIpc) is 3.70. The van der Waals surface area contributed by atoms with Crippen molar-refractivity contribution >= 4 is 30.7 Å². The van der Waals surface area contributed by atoms with Crippen molar-refractivity contribution in [2.75, 3.05) is 32.8 Å². The van der Waals surface area contributed by atoms with Gasteiger partial charge in [-0.15, -0.1) is 0 Å². The number of amides is 1. The van der Waals surface area contributed by atoms with E-state index in [1.54, 1.807) is 22.0 Å². The summed E-state index contributed by atoms with van der Waals surface area (Å²) in [6.07, 6.45) is 4.02. The van der Waals surface area contributed by atoms with Gasteiger partial charge < -0.3 is 14.2 Å². The number of carbonyl (C=O) groups is 1. The molecule has 47 heavy (non-hydrogen) atoms. The molecule has 3 aromatic heterocycles. The molecule has 2 unspecified atom stereocenters. The van der Waals surface area contributed by atoms with Crippen LogP contribution in [0.25, 0.3) is 27.1 Å². The second kappa shape index (κ2) is 14.5. The number of halogens is 3. The predicted octanol–water partition coefficient (Wildman–Crippen LogP) is 5.84. The Morgan fingerprint density at radius 1 is 1.23 bits per heavy atom. The highest BCUT2D eigenvalue weighted by molar-refractivity contribution is 6.76. The van der Waals surface area contributed by atoms with Crippen molar-refractivity contribution in [3.8, 4) is 17.3 Å². The number of hydrogen-bond acceptors (Lipinski definition) is 7. The lowest BCUT2D eigenvalue weighted by molar-refractivity contribution is -0.0185. The van der Waals surface area contributed by atoms with Crippen LogP contribution in [0.4, 0.5) is 18.9 Å². The summed E-state index contributed by atoms with van der Waals surface area (Å²) < 4.78 is 52.6. The van der Waals surface area contributed by atoms with Crippen molar-refractivity contribution < 1.29 is 22.7 Å². The second-order valence-electron chi connectivity index (χ2n) is 12.8. The molecule has 5 rings (SSSR count). The SMILES string of the molecule is [C-]#[N+]c1ccc(C(=O)N2CCN(CC(CC#N)n3cc(-c4ncnc5c4ccn5COCC[Si](C)(C)C)cn3)CC2C(F)F)c(F)c1. The largest absolute Gasteiger partial charge is 0.361 e. The van der Waals surface area contributed by atoms with E-state index in [0.29, 0.717) is 24.6 Å². The third-order valence-corrected chi connectivity index (χ3v) is 9.90. The smallest absolute Gasteiger partial charge is 0.259 e. The normalized spacial score (nSPS) is 16.4. The van der Waals surface area contributed by atoms with Gasteiger partial charge >= 0.3 is 0 Å². The average molecular weight is 664 g/mol. The lowest BCUT2D eigenvalue weighted by Gasteiger charge is -2.42. The van der Waals surface area contributed by atoms with Crippen LogP contribution in [0.5, 0.6) is 0 Å². The number of hydrogen-bond donors (Lipinski definition) is 0. The molecular formula is C32H36F3N9O2Si. The summed E-state index contributed by atoms with van der Waals surface area (Å²) in [5.41, 5.74) is 1.76. The monoisotopic (exact) mass is 663 g/mol. The number of fused-ring (bicyclic) bond motifs is 1. The molecule has 1 amide bonds. The third-order valence-electron chi connectivity index (χ3n) is 8.19. The number of aromatic nitrogens is 5. The van der Waals surface area contributed by atoms with Crippen molar-refractivity contribution in [2.45, 2.75) is 57.3 Å². The van der Waals surface area contributed by atoms with E-state index < -0.39 is 38.3 Å². The molecule has 15 heteroatoms. The van der Waals surface area contributed by atoms with Gasteiger partial charge in [0.15, 0.2) is 5.69 Å². The summed E-state index contributed by atoms with van der Waals surface area (Å²) >= 11 is 0. The number of alkyl halides is 2. The molecule has 1 aliphatic heterocycles. The van der Waals surface area contributed by atoms with Crippen LogP contribution < -0.4 is 0 Å². The lowest BCUT2D eigenvalue weighted by atomic mass is 10.1. The fraction of sp³-hybridized carbons (Fsp3) is 0.438. The van der Waals surface area contributed by atoms with Crippen LogP contribution in [0.15, 0.2) is 49.2 Å². The van der Waals surface area contributed by atoms with Crippen molar-refractivity contribution in [3.05, 3.63) is 72.0 Å². The molecule has 0 radical (unpaired) electrons. The highest BCUT2D eigenvalue weighted by Gasteiger charge is 2.38. The van der Waals surface area contributed by atoms with E-state index in [9.17, 15) is 23.2 Å². The first-order valence-corrected chi connectivity index (χ1v) is 19.0. The van der Waals surface area contributed by atoms with E-state index in [1.165, 1.54) is 12.4 Å². The Kier molecular flexibility index (Phi) is 10.4. The van der Waals surface area contributed by atoms with Gasteiger partial charge in [0, 0.05) is 64.2 Å². The highest BCUT2D eigenvalue weighted by Crippen LogP contribution is 2.28. The number of rotatable bonds is 12. The molecule has 2 atom stereocenters. The Labute approximate surface area is 272 Å². The van der Waals surface area contributed by atoms with Gasteiger partial charge in [0.05, 0.1) is 42.6 Å². The number of carbonyl (C=O) groups excluding carboxylic acids is 1. The van der Waals surface area contributed by atoms with E-state index >= 15 is 0 Å². The number of ether oxygens (including phenoxy) is 1. The van der Waals surface area contributed by atoms with Gasteiger partial charge in [-0.3, -0.25) is 14.4 Å². The number of piperazine rings is 1. The summed E-state index contributed by atoms with van der Waals surface area (Å²) in [6, 6.07) is 6.57. The standard InChI is InChI=1S/C32H36F3N9O2Si/c1-37-23-5-6-25(27(33)15-23)32(45)43-12-11-41(19-28(43)30(34)35)18-24(7-9-36)44-17-22(16-40-44)29-26-8-10-42(31(26)39-20-38-29)21-46-13-14-47(2,3)4/h5-6,8,10,15-17,20,24,28,30H,7,11-14,18-19,21H2,2-4H3. The Morgan fingerprint density at radius 2 is 2.04 bits per heavy atom. The van der Waals surface area contributed by atoms with Gasteiger partial charge in [-0.25, -0.2) is 28.0 Å². The van der Waals surface area contributed by atoms with Gasteiger partial charge in [0.1, 0.15) is 30.6 Å². The molecule has 0 bridgehead atoms. The molecule has 1 aromatic carbocycles. The fourth-order valence-corrected chi connectivity index (χ4v) is 6.35. The van der Waals surface area contributed by atoms with E-state index in [1.807, 2.05) is 16.8 Å². The second-order valence-corrected chi connectivity index (χ2v) is 18.4. The Morgan fingerprint density at radius 3 is 2.74 bits per heavy atom. The first-order chi connectivity index (χ1) is 22.5. The van der Waals surface area contributed by atoms with Crippen LogP contribution in [0.1, 0.15) is 22.8 Å². The Hall–Kier alpha value is -4.57. The van der Waals surface area contributed by atoms with Gasteiger partial charge in [-0.05, 0) is 18.2 Å². The highest BCUT2D eigenvalue weighted by atomic mass is 28.3. The molecule has 1 saturated heterocycles. The number of benzene rings is 1. The zero-order valence-corrected chi connectivity index (χ0v) is 27.5. The molecule has 0 aliphatic carbocycles. The molecule has 0 N–H and O–H groups in total. The van der Waals surface area contributed by atoms with E-state index in [-0.39, 0.29) is 43.9 Å². The molecule has 4 aromatic rings. The molecule has 11 nitrogen and oxygen atoms in total. The summed E-state index contributed by atoms with van der Waals surface area (Å²) in [5.74, 6) is -1.77. The Bertz CT molecular complexity index is 1810. The van der Waals surface area contributed by atoms with Crippen LogP contribution in [-0.2, 0) is 11.5 Å². The maximum absolute atomic E-state index is 14.6. The summed E-state index contributed by atoms with van der Waals surface area (Å²) in [5, 5.41) is 14.9. The van der Waals surface area contributed by atoms with Crippen LogP contribution in [0, 0.1) is 23.7 Å². The minimum Gasteiger partial charge on any atom is -0.361 e. The zero-order valence-electron chi connectivity index (χ0n) is 26.5. The zero-order chi connectivity index (χ0) is 33.7. The van der Waals surface area contributed by atoms with E-state index in [0.717, 1.165) is 34.1 Å². The number of nitrogens with zero attached hydrogens (tertiary/aromatic N) is 9. The quantitative estimate of drug-likeness (QED) is 0.106. The van der Waals surface area contributed by atoms with Crippen molar-refractivity contribution in [1.82, 2.24) is 34.1 Å². The maximum Gasteiger partial charge on any atom is 0.259 e. The first-order valence-electron chi connectivity index (χ1n) is 15.3. The van der Waals surface area contributed by atoms with Crippen LogP contribution in [0.2, 0.25) is 25.7 Å². The van der Waals surface area contributed by atoms with Gasteiger partial charge in [-0.1, -0.05) is 31.8 Å². The molecular weight excluding hydrogens is 627 g/mol. The minimum atomic E-state index is -2.88. The third kappa shape index (κ3) is 7.88. The van der Waals surface area contributed by atoms with Crippen molar-refractivity contribution in [3.63, 3.8) is 0 Å². The van der Waals surface area contributed by atoms with Gasteiger partial charge in [0.25, 0.3) is 12.3 Å². The maximum atomic E-state index is 14.6. The fourth-order valence-electron chi connectivity index (χ4n) is 5.59. The Balaban J connectivity index is 1.29. The lowest BCUT2D eigenvalue weighted by Crippen LogP contribution is -2.58. The molecule has 0 spiro atoms. The summed E-state index contributed by atoms with van der Waals surface area (Å²) in [4.78, 5) is 28.0.